The Morgan fingerprint density at radius 1 is 1.08 bits per heavy atom. The second kappa shape index (κ2) is 10.8. The topological polar surface area (TPSA) is 111 Å². The molecule has 0 aliphatic carbocycles. The Kier molecular flexibility index (Phi) is 7.69. The molecule has 194 valence electrons. The highest BCUT2D eigenvalue weighted by atomic mass is 35.5. The van der Waals surface area contributed by atoms with Crippen molar-refractivity contribution in [3.05, 3.63) is 58.6 Å². The Bertz CT molecular complexity index is 1420. The molecule has 14 heteroatoms. The minimum absolute atomic E-state index is 0.543. The van der Waals surface area contributed by atoms with E-state index < -0.39 is 12.1 Å². The molecule has 4 aromatic rings. The maximum absolute atomic E-state index is 10.6. The van der Waals surface area contributed by atoms with Crippen LogP contribution >= 0.6 is 23.2 Å². The molecule has 0 bridgehead atoms. The quantitative estimate of drug-likeness (QED) is 0.365. The van der Waals surface area contributed by atoms with Crippen LogP contribution in [-0.2, 0) is 4.79 Å². The molecule has 37 heavy (non-hydrogen) atoms. The maximum Gasteiger partial charge on any atom is 0.490 e. The molecule has 1 fully saturated rings. The Labute approximate surface area is 218 Å². The molecule has 0 saturated carbocycles. The summed E-state index contributed by atoms with van der Waals surface area (Å²) in [7, 11) is 0. The summed E-state index contributed by atoms with van der Waals surface area (Å²) in [5.74, 6) is -1.90. The first-order chi connectivity index (χ1) is 17.6. The minimum Gasteiger partial charge on any atom is -0.475 e. The van der Waals surface area contributed by atoms with Crippen molar-refractivity contribution in [2.75, 3.05) is 36.0 Å². The fraction of sp³-hybridized carbons (Fsp3) is 0.261. The first kappa shape index (κ1) is 26.4. The van der Waals surface area contributed by atoms with Gasteiger partial charge in [-0.2, -0.15) is 18.3 Å². The number of fused-ring (bicyclic) bond motifs is 1. The molecular weight excluding hydrogens is 534 g/mol. The number of halogens is 5. The number of carboxylic acids is 1. The molecule has 1 saturated heterocycles. The molecule has 9 nitrogen and oxygen atoms in total. The van der Waals surface area contributed by atoms with E-state index in [1.807, 2.05) is 18.2 Å². The number of carbonyl (C=O) groups is 1. The Hall–Kier alpha value is -3.64. The van der Waals surface area contributed by atoms with Gasteiger partial charge in [-0.3, -0.25) is 10.1 Å². The van der Waals surface area contributed by atoms with Crippen LogP contribution in [0.15, 0.2) is 43.0 Å². The monoisotopic (exact) mass is 553 g/mol. The normalized spacial score (nSPS) is 13.9. The van der Waals surface area contributed by atoms with E-state index in [0.717, 1.165) is 53.7 Å². The zero-order valence-corrected chi connectivity index (χ0v) is 20.8. The number of H-pyrrole nitrogens is 1. The van der Waals surface area contributed by atoms with Crippen molar-refractivity contribution in [3.8, 4) is 11.3 Å². The lowest BCUT2D eigenvalue weighted by molar-refractivity contribution is -0.192. The van der Waals surface area contributed by atoms with E-state index in [1.165, 1.54) is 11.3 Å². The van der Waals surface area contributed by atoms with Gasteiger partial charge in [0.1, 0.15) is 17.8 Å². The van der Waals surface area contributed by atoms with Crippen LogP contribution in [0.5, 0.6) is 0 Å². The second-order valence-corrected chi connectivity index (χ2v) is 8.90. The van der Waals surface area contributed by atoms with Crippen molar-refractivity contribution in [3.63, 3.8) is 0 Å². The van der Waals surface area contributed by atoms with Crippen LogP contribution in [0.25, 0.3) is 22.3 Å². The smallest absolute Gasteiger partial charge is 0.475 e. The Balaban J connectivity index is 0.000000405. The predicted octanol–water partition coefficient (Wildman–Crippen LogP) is 4.99. The summed E-state index contributed by atoms with van der Waals surface area (Å²) in [6.45, 7) is 5.51. The highest BCUT2D eigenvalue weighted by Crippen LogP contribution is 2.35. The standard InChI is InChI=1S/C21H19Cl2N7.C2HF3O2/c1-13-2-3-14(22)10-17(13)29-6-8-30(9-7-29)21-18-19(15-4-5-24-11-16(15)23)27-28-20(18)25-12-26-21;3-2(4,5)1(6)7/h2-5,10-12H,6-9H2,1H3,(H,25,26,27,28);(H,6,7). The fourth-order valence-corrected chi connectivity index (χ4v) is 4.30. The third-order valence-corrected chi connectivity index (χ3v) is 6.24. The zero-order chi connectivity index (χ0) is 26.7. The van der Waals surface area contributed by atoms with Crippen LogP contribution in [0.4, 0.5) is 24.7 Å². The molecule has 1 aromatic carbocycles. The van der Waals surface area contributed by atoms with Gasteiger partial charge in [-0.25, -0.2) is 14.8 Å². The lowest BCUT2D eigenvalue weighted by atomic mass is 10.1. The van der Waals surface area contributed by atoms with Gasteiger partial charge >= 0.3 is 12.1 Å². The zero-order valence-electron chi connectivity index (χ0n) is 19.3. The predicted molar refractivity (Wildman–Crippen MR) is 134 cm³/mol. The summed E-state index contributed by atoms with van der Waals surface area (Å²) in [4.78, 5) is 26.6. The van der Waals surface area contributed by atoms with Crippen molar-refractivity contribution in [1.82, 2.24) is 25.1 Å². The molecule has 0 radical (unpaired) electrons. The molecule has 2 N–H and O–H groups in total. The van der Waals surface area contributed by atoms with E-state index in [9.17, 15) is 13.2 Å². The summed E-state index contributed by atoms with van der Waals surface area (Å²) < 4.78 is 31.7. The minimum atomic E-state index is -5.08. The van der Waals surface area contributed by atoms with E-state index in [4.69, 9.17) is 33.1 Å². The van der Waals surface area contributed by atoms with Gasteiger partial charge in [-0.15, -0.1) is 0 Å². The molecule has 0 unspecified atom stereocenters. The number of nitrogens with zero attached hydrogens (tertiary/aromatic N) is 6. The van der Waals surface area contributed by atoms with E-state index in [0.29, 0.717) is 10.7 Å². The summed E-state index contributed by atoms with van der Waals surface area (Å²) in [5.41, 5.74) is 4.64. The van der Waals surface area contributed by atoms with Crippen LogP contribution in [0.3, 0.4) is 0 Å². The third-order valence-electron chi connectivity index (χ3n) is 5.70. The first-order valence-electron chi connectivity index (χ1n) is 10.9. The molecule has 0 amide bonds. The number of nitrogens with one attached hydrogen (secondary N) is 1. The van der Waals surface area contributed by atoms with Crippen molar-refractivity contribution in [2.45, 2.75) is 13.1 Å². The van der Waals surface area contributed by atoms with Gasteiger partial charge in [0.25, 0.3) is 0 Å². The van der Waals surface area contributed by atoms with E-state index >= 15 is 0 Å². The molecular formula is C23H20Cl2F3N7O2. The largest absolute Gasteiger partial charge is 0.490 e. The van der Waals surface area contributed by atoms with Gasteiger partial charge < -0.3 is 14.9 Å². The molecule has 5 rings (SSSR count). The highest BCUT2D eigenvalue weighted by molar-refractivity contribution is 6.33. The number of piperazine rings is 1. The van der Waals surface area contributed by atoms with Gasteiger partial charge in [-0.05, 0) is 30.7 Å². The van der Waals surface area contributed by atoms with Crippen molar-refractivity contribution in [1.29, 1.82) is 0 Å². The van der Waals surface area contributed by atoms with E-state index in [2.05, 4.69) is 47.9 Å². The summed E-state index contributed by atoms with van der Waals surface area (Å²) in [5, 5.41) is 16.8. The first-order valence-corrected chi connectivity index (χ1v) is 11.7. The third kappa shape index (κ3) is 5.86. The SMILES string of the molecule is Cc1ccc(Cl)cc1N1CCN(c2ncnc3[nH]nc(-c4ccncc4Cl)c23)CC1.O=C(O)C(F)(F)F. The molecule has 1 aliphatic rings. The van der Waals surface area contributed by atoms with E-state index in [1.54, 1.807) is 18.7 Å². The van der Waals surface area contributed by atoms with Gasteiger partial charge in [0.15, 0.2) is 5.65 Å². The number of aliphatic carboxylic acids is 1. The lowest BCUT2D eigenvalue weighted by Gasteiger charge is -2.37. The number of benzene rings is 1. The van der Waals surface area contributed by atoms with Crippen LogP contribution in [0.2, 0.25) is 10.0 Å². The summed E-state index contributed by atoms with van der Waals surface area (Å²) >= 11 is 12.6. The Morgan fingerprint density at radius 2 is 1.76 bits per heavy atom. The Morgan fingerprint density at radius 3 is 2.41 bits per heavy atom. The summed E-state index contributed by atoms with van der Waals surface area (Å²) in [6.07, 6.45) is -0.189. The number of alkyl halides is 3. The van der Waals surface area contributed by atoms with Crippen LogP contribution in [-0.4, -0.2) is 68.6 Å². The fourth-order valence-electron chi connectivity index (χ4n) is 3.93. The van der Waals surface area contributed by atoms with Gasteiger partial charge in [0, 0.05) is 54.8 Å². The van der Waals surface area contributed by atoms with Crippen LogP contribution < -0.4 is 9.80 Å². The average molecular weight is 554 g/mol. The number of pyridine rings is 1. The maximum atomic E-state index is 10.6. The molecule has 4 heterocycles. The van der Waals surface area contributed by atoms with Crippen molar-refractivity contribution in [2.24, 2.45) is 0 Å². The number of rotatable bonds is 3. The molecule has 0 spiro atoms. The van der Waals surface area contributed by atoms with Gasteiger partial charge in [0.05, 0.1) is 10.4 Å². The van der Waals surface area contributed by atoms with Crippen molar-refractivity contribution < 1.29 is 23.1 Å². The number of carboxylic acid groups (broad SMARTS) is 1. The molecule has 0 atom stereocenters. The van der Waals surface area contributed by atoms with Crippen LogP contribution in [0.1, 0.15) is 5.56 Å². The van der Waals surface area contributed by atoms with Crippen molar-refractivity contribution >= 4 is 51.7 Å². The number of aromatic amines is 1. The van der Waals surface area contributed by atoms with Crippen LogP contribution in [0, 0.1) is 6.92 Å². The second-order valence-electron chi connectivity index (χ2n) is 8.06. The number of anilines is 2. The summed E-state index contributed by atoms with van der Waals surface area (Å²) in [6, 6.07) is 7.89. The molecule has 1 aliphatic heterocycles. The average Bonchev–Trinajstić information content (AvgIpc) is 3.30. The number of aromatic nitrogens is 5. The highest BCUT2D eigenvalue weighted by Gasteiger charge is 2.38. The van der Waals surface area contributed by atoms with Gasteiger partial charge in [-0.1, -0.05) is 29.3 Å². The number of hydrogen-bond donors (Lipinski definition) is 2. The van der Waals surface area contributed by atoms with E-state index in [-0.39, 0.29) is 0 Å². The lowest BCUT2D eigenvalue weighted by Crippen LogP contribution is -2.47. The number of hydrogen-bond acceptors (Lipinski definition) is 7. The number of aryl methyl sites for hydroxylation is 1. The molecule has 3 aromatic heterocycles. The van der Waals surface area contributed by atoms with Gasteiger partial charge in [0.2, 0.25) is 0 Å².